The van der Waals surface area contributed by atoms with Crippen molar-refractivity contribution in [1.29, 1.82) is 0 Å². The van der Waals surface area contributed by atoms with Crippen LogP contribution in [0.25, 0.3) is 11.1 Å². The fourth-order valence-electron chi connectivity index (χ4n) is 4.78. The van der Waals surface area contributed by atoms with Crippen LogP contribution in [0.5, 0.6) is 17.2 Å². The molecule has 0 saturated heterocycles. The summed E-state index contributed by atoms with van der Waals surface area (Å²) in [6.45, 7) is 4.57. The van der Waals surface area contributed by atoms with Gasteiger partial charge in [0.05, 0.1) is 5.30 Å². The van der Waals surface area contributed by atoms with Gasteiger partial charge in [0, 0.05) is 19.4 Å². The molecular formula is C30H25O6P. The number of hydrogen-bond acceptors (Lipinski definition) is 6. The summed E-state index contributed by atoms with van der Waals surface area (Å²) in [7, 11) is -3.70. The molecule has 1 aliphatic heterocycles. The van der Waals surface area contributed by atoms with Crippen molar-refractivity contribution in [3.05, 3.63) is 108 Å². The van der Waals surface area contributed by atoms with Gasteiger partial charge >= 0.3 is 11.9 Å². The quantitative estimate of drug-likeness (QED) is 0.173. The zero-order valence-electron chi connectivity index (χ0n) is 20.6. The summed E-state index contributed by atoms with van der Waals surface area (Å²) >= 11 is 0. The van der Waals surface area contributed by atoms with Gasteiger partial charge in [-0.2, -0.15) is 0 Å². The van der Waals surface area contributed by atoms with E-state index in [1.165, 1.54) is 13.8 Å². The summed E-state index contributed by atoms with van der Waals surface area (Å²) in [6, 6.07) is 29.1. The van der Waals surface area contributed by atoms with Crippen LogP contribution in [0.2, 0.25) is 0 Å². The van der Waals surface area contributed by atoms with Crippen LogP contribution in [0.4, 0.5) is 0 Å². The summed E-state index contributed by atoms with van der Waals surface area (Å²) in [5, 5.41) is -0.538. The summed E-state index contributed by atoms with van der Waals surface area (Å²) in [6.07, 6.45) is 0. The number of carbonyl (C=O) groups excluding carboxylic acids is 2. The average molecular weight is 512 g/mol. The van der Waals surface area contributed by atoms with E-state index in [-0.39, 0.29) is 0 Å². The SMILES string of the molecule is CC(=O)Oc1ccc(C(C)(c2ccc(OC(C)=O)cc2)P2(=O)Oc3ccccc3-c3ccccc32)cc1. The number of rotatable bonds is 5. The van der Waals surface area contributed by atoms with Crippen LogP contribution in [-0.4, -0.2) is 11.9 Å². The second-order valence-electron chi connectivity index (χ2n) is 8.96. The maximum atomic E-state index is 15.4. The van der Waals surface area contributed by atoms with Crippen molar-refractivity contribution in [2.24, 2.45) is 0 Å². The lowest BCUT2D eigenvalue weighted by molar-refractivity contribution is -0.132. The molecule has 0 radical (unpaired) electrons. The molecule has 5 rings (SSSR count). The van der Waals surface area contributed by atoms with Crippen molar-refractivity contribution in [2.45, 2.75) is 25.9 Å². The van der Waals surface area contributed by atoms with Crippen molar-refractivity contribution in [3.8, 4) is 28.4 Å². The van der Waals surface area contributed by atoms with Crippen molar-refractivity contribution >= 4 is 24.6 Å². The van der Waals surface area contributed by atoms with E-state index in [2.05, 4.69) is 0 Å². The molecule has 0 aromatic heterocycles. The molecular weight excluding hydrogens is 487 g/mol. The molecule has 37 heavy (non-hydrogen) atoms. The van der Waals surface area contributed by atoms with E-state index in [1.807, 2.05) is 55.5 Å². The van der Waals surface area contributed by atoms with E-state index >= 15 is 4.57 Å². The Hall–Kier alpha value is -4.15. The van der Waals surface area contributed by atoms with Gasteiger partial charge in [-0.25, -0.2) is 0 Å². The molecule has 1 heterocycles. The second kappa shape index (κ2) is 9.38. The topological polar surface area (TPSA) is 78.9 Å². The molecule has 0 N–H and O–H groups in total. The lowest BCUT2D eigenvalue weighted by Crippen LogP contribution is -2.34. The first-order valence-electron chi connectivity index (χ1n) is 11.8. The lowest BCUT2D eigenvalue weighted by Gasteiger charge is -2.41. The maximum Gasteiger partial charge on any atom is 0.308 e. The molecule has 0 fully saturated rings. The van der Waals surface area contributed by atoms with Crippen LogP contribution in [0, 0.1) is 0 Å². The zero-order chi connectivity index (χ0) is 26.2. The van der Waals surface area contributed by atoms with Crippen LogP contribution in [0.15, 0.2) is 97.1 Å². The summed E-state index contributed by atoms with van der Waals surface area (Å²) in [5.41, 5.74) is 3.15. The highest BCUT2D eigenvalue weighted by molar-refractivity contribution is 7.69. The molecule has 0 spiro atoms. The molecule has 1 unspecified atom stereocenters. The van der Waals surface area contributed by atoms with E-state index in [9.17, 15) is 9.59 Å². The number of hydrogen-bond donors (Lipinski definition) is 0. The third kappa shape index (κ3) is 4.24. The highest BCUT2D eigenvalue weighted by atomic mass is 31.2. The Labute approximate surface area is 215 Å². The molecule has 4 aromatic rings. The fraction of sp³-hybridized carbons (Fsp3) is 0.133. The summed E-state index contributed by atoms with van der Waals surface area (Å²) < 4.78 is 32.3. The average Bonchev–Trinajstić information content (AvgIpc) is 2.88. The van der Waals surface area contributed by atoms with Gasteiger partial charge in [0.2, 0.25) is 0 Å². The minimum atomic E-state index is -3.70. The second-order valence-corrected chi connectivity index (χ2v) is 11.6. The molecule has 1 atom stereocenters. The van der Waals surface area contributed by atoms with E-state index < -0.39 is 24.5 Å². The lowest BCUT2D eigenvalue weighted by atomic mass is 9.92. The normalized spacial score (nSPS) is 16.1. The van der Waals surface area contributed by atoms with Crippen molar-refractivity contribution in [1.82, 2.24) is 0 Å². The number of ether oxygens (including phenoxy) is 2. The molecule has 4 aromatic carbocycles. The van der Waals surface area contributed by atoms with Crippen LogP contribution in [0.3, 0.4) is 0 Å². The molecule has 0 amide bonds. The van der Waals surface area contributed by atoms with Crippen LogP contribution < -0.4 is 19.3 Å². The highest BCUT2D eigenvalue weighted by Gasteiger charge is 2.53. The van der Waals surface area contributed by atoms with Gasteiger partial charge in [-0.05, 0) is 60.0 Å². The van der Waals surface area contributed by atoms with E-state index in [0.717, 1.165) is 11.1 Å². The number of carbonyl (C=O) groups is 2. The molecule has 0 bridgehead atoms. The van der Waals surface area contributed by atoms with Crippen molar-refractivity contribution in [3.63, 3.8) is 0 Å². The minimum Gasteiger partial charge on any atom is -0.438 e. The standard InChI is InChI=1S/C30H25O6P/c1-20(31)34-24-16-12-22(13-17-24)30(3,23-14-18-25(19-15-23)35-21(2)32)37(33)29-11-7-5-9-27(29)26-8-4-6-10-28(26)36-37/h4-19H,1-3H3. The summed E-state index contributed by atoms with van der Waals surface area (Å²) in [4.78, 5) is 22.9. The Balaban J connectivity index is 1.73. The van der Waals surface area contributed by atoms with Gasteiger partial charge in [-0.1, -0.05) is 60.7 Å². The number of benzene rings is 4. The van der Waals surface area contributed by atoms with Crippen LogP contribution in [0.1, 0.15) is 31.9 Å². The summed E-state index contributed by atoms with van der Waals surface area (Å²) in [5.74, 6) is 0.467. The molecule has 1 aliphatic rings. The molecule has 0 saturated carbocycles. The first-order valence-corrected chi connectivity index (χ1v) is 13.4. The van der Waals surface area contributed by atoms with Crippen LogP contribution in [-0.2, 0) is 19.3 Å². The third-order valence-corrected chi connectivity index (χ3v) is 9.74. The molecule has 0 aliphatic carbocycles. The first kappa shape index (κ1) is 24.5. The number of esters is 2. The van der Waals surface area contributed by atoms with Gasteiger partial charge in [0.1, 0.15) is 22.4 Å². The Morgan fingerprint density at radius 3 is 1.65 bits per heavy atom. The monoisotopic (exact) mass is 512 g/mol. The van der Waals surface area contributed by atoms with E-state index in [0.29, 0.717) is 33.7 Å². The highest BCUT2D eigenvalue weighted by Crippen LogP contribution is 2.69. The van der Waals surface area contributed by atoms with E-state index in [1.54, 1.807) is 48.5 Å². The molecule has 7 heteroatoms. The van der Waals surface area contributed by atoms with Crippen molar-refractivity contribution in [2.75, 3.05) is 0 Å². The molecule has 186 valence electrons. The Morgan fingerprint density at radius 1 is 0.676 bits per heavy atom. The molecule has 6 nitrogen and oxygen atoms in total. The van der Waals surface area contributed by atoms with Gasteiger partial charge in [-0.15, -0.1) is 0 Å². The van der Waals surface area contributed by atoms with Gasteiger partial charge in [-0.3, -0.25) is 14.2 Å². The third-order valence-electron chi connectivity index (χ3n) is 6.57. The largest absolute Gasteiger partial charge is 0.438 e. The van der Waals surface area contributed by atoms with Gasteiger partial charge in [0.25, 0.3) is 7.37 Å². The first-order chi connectivity index (χ1) is 17.7. The smallest absolute Gasteiger partial charge is 0.308 e. The van der Waals surface area contributed by atoms with E-state index in [4.69, 9.17) is 14.0 Å². The van der Waals surface area contributed by atoms with Gasteiger partial charge < -0.3 is 14.0 Å². The fourth-order valence-corrected chi connectivity index (χ4v) is 7.75. The Bertz CT molecular complexity index is 1480. The van der Waals surface area contributed by atoms with Crippen LogP contribution >= 0.6 is 7.37 Å². The maximum absolute atomic E-state index is 15.4. The Morgan fingerprint density at radius 2 is 1.14 bits per heavy atom. The number of fused-ring (bicyclic) bond motifs is 3. The minimum absolute atomic E-state index is 0.386. The zero-order valence-corrected chi connectivity index (χ0v) is 21.5. The number of para-hydroxylation sites is 1. The van der Waals surface area contributed by atoms with Crippen molar-refractivity contribution < 1.29 is 28.2 Å². The predicted octanol–water partition coefficient (Wildman–Crippen LogP) is 6.46. The Kier molecular flexibility index (Phi) is 6.22. The van der Waals surface area contributed by atoms with Gasteiger partial charge in [0.15, 0.2) is 0 Å². The predicted molar refractivity (Wildman–Crippen MR) is 142 cm³/mol.